The van der Waals surface area contributed by atoms with E-state index >= 15 is 0 Å². The molecule has 0 aromatic rings. The van der Waals surface area contributed by atoms with Crippen molar-refractivity contribution < 1.29 is 9.53 Å². The van der Waals surface area contributed by atoms with Crippen LogP contribution in [0.15, 0.2) is 0 Å². The zero-order chi connectivity index (χ0) is 10.3. The molecule has 0 aliphatic heterocycles. The molecule has 0 aromatic heterocycles. The van der Waals surface area contributed by atoms with Crippen LogP contribution in [0.25, 0.3) is 0 Å². The predicted octanol–water partition coefficient (Wildman–Crippen LogP) is 3.01. The Kier molecular flexibility index (Phi) is 6.65. The first-order valence-corrected chi connectivity index (χ1v) is 5.32. The van der Waals surface area contributed by atoms with Crippen molar-refractivity contribution in [2.75, 3.05) is 6.61 Å². The van der Waals surface area contributed by atoms with Gasteiger partial charge < -0.3 is 4.74 Å². The first kappa shape index (κ1) is 12.5. The van der Waals surface area contributed by atoms with E-state index < -0.39 is 0 Å². The highest BCUT2D eigenvalue weighted by Gasteiger charge is 2.13. The average Bonchev–Trinajstić information content (AvgIpc) is 2.17. The van der Waals surface area contributed by atoms with Crippen molar-refractivity contribution in [1.82, 2.24) is 0 Å². The van der Waals surface area contributed by atoms with Crippen LogP contribution in [0.2, 0.25) is 0 Å². The topological polar surface area (TPSA) is 26.3 Å². The molecule has 0 fully saturated rings. The minimum atomic E-state index is -0.0469. The van der Waals surface area contributed by atoms with Crippen LogP contribution in [-0.4, -0.2) is 12.6 Å². The second-order valence-electron chi connectivity index (χ2n) is 3.62. The molecule has 0 bridgehead atoms. The molecule has 0 aromatic carbocycles. The largest absolute Gasteiger partial charge is 0.465 e. The van der Waals surface area contributed by atoms with Crippen LogP contribution in [0, 0.1) is 11.8 Å². The van der Waals surface area contributed by atoms with Crippen LogP contribution < -0.4 is 0 Å². The number of ether oxygens (including phenoxy) is 1. The number of hydrogen-bond donors (Lipinski definition) is 0. The normalized spacial score (nSPS) is 13.0. The fourth-order valence-electron chi connectivity index (χ4n) is 1.03. The van der Waals surface area contributed by atoms with E-state index in [1.807, 2.05) is 13.8 Å². The van der Waals surface area contributed by atoms with Crippen LogP contribution >= 0.6 is 0 Å². The molecule has 0 rings (SSSR count). The fourth-order valence-corrected chi connectivity index (χ4v) is 1.03. The molecule has 2 heteroatoms. The Morgan fingerprint density at radius 3 is 2.08 bits per heavy atom. The molecule has 13 heavy (non-hydrogen) atoms. The van der Waals surface area contributed by atoms with Crippen molar-refractivity contribution in [3.05, 3.63) is 0 Å². The molecule has 78 valence electrons. The number of carbonyl (C=O) groups is 1. The Morgan fingerprint density at radius 1 is 1.15 bits per heavy atom. The second kappa shape index (κ2) is 6.93. The van der Waals surface area contributed by atoms with E-state index in [1.165, 1.54) is 0 Å². The molecule has 0 saturated carbocycles. The maximum absolute atomic E-state index is 11.3. The lowest BCUT2D eigenvalue weighted by Gasteiger charge is -2.14. The minimum absolute atomic E-state index is 0.0469. The first-order valence-electron chi connectivity index (χ1n) is 5.32. The molecule has 0 aliphatic carbocycles. The molecular weight excluding hydrogens is 164 g/mol. The number of hydrogen-bond acceptors (Lipinski definition) is 2. The molecule has 0 saturated heterocycles. The van der Waals surface area contributed by atoms with Gasteiger partial charge in [-0.3, -0.25) is 4.79 Å². The SMILES string of the molecule is CCC(CC)COC(=O)[C@@H](C)CC. The molecule has 2 nitrogen and oxygen atoms in total. The Morgan fingerprint density at radius 2 is 1.69 bits per heavy atom. The van der Waals surface area contributed by atoms with Crippen LogP contribution in [-0.2, 0) is 9.53 Å². The molecular formula is C11H22O2. The highest BCUT2D eigenvalue weighted by Crippen LogP contribution is 2.10. The summed E-state index contributed by atoms with van der Waals surface area (Å²) in [6, 6.07) is 0. The molecule has 0 unspecified atom stereocenters. The summed E-state index contributed by atoms with van der Waals surface area (Å²) < 4.78 is 5.20. The summed E-state index contributed by atoms with van der Waals surface area (Å²) in [4.78, 5) is 11.3. The third-order valence-corrected chi connectivity index (χ3v) is 2.63. The Bertz CT molecular complexity index is 139. The minimum Gasteiger partial charge on any atom is -0.465 e. The summed E-state index contributed by atoms with van der Waals surface area (Å²) in [5.41, 5.74) is 0. The van der Waals surface area contributed by atoms with Crippen molar-refractivity contribution >= 4 is 5.97 Å². The zero-order valence-electron chi connectivity index (χ0n) is 9.30. The van der Waals surface area contributed by atoms with E-state index in [1.54, 1.807) is 0 Å². The van der Waals surface area contributed by atoms with Gasteiger partial charge in [0.25, 0.3) is 0 Å². The first-order chi connectivity index (χ1) is 6.15. The standard InChI is InChI=1S/C11H22O2/c1-5-9(4)11(12)13-8-10(6-2)7-3/h9-10H,5-8H2,1-4H3/t9-/m0/s1. The maximum Gasteiger partial charge on any atom is 0.308 e. The van der Waals surface area contributed by atoms with Gasteiger partial charge in [-0.2, -0.15) is 0 Å². The van der Waals surface area contributed by atoms with Gasteiger partial charge >= 0.3 is 5.97 Å². The van der Waals surface area contributed by atoms with Crippen molar-refractivity contribution in [2.24, 2.45) is 11.8 Å². The summed E-state index contributed by atoms with van der Waals surface area (Å²) in [6.07, 6.45) is 3.04. The zero-order valence-corrected chi connectivity index (χ0v) is 9.30. The highest BCUT2D eigenvalue weighted by molar-refractivity contribution is 5.71. The molecule has 0 aliphatic rings. The molecule has 0 radical (unpaired) electrons. The van der Waals surface area contributed by atoms with E-state index in [9.17, 15) is 4.79 Å². The summed E-state index contributed by atoms with van der Waals surface area (Å²) >= 11 is 0. The van der Waals surface area contributed by atoms with Crippen LogP contribution in [0.5, 0.6) is 0 Å². The van der Waals surface area contributed by atoms with E-state index in [0.29, 0.717) is 12.5 Å². The van der Waals surface area contributed by atoms with Crippen molar-refractivity contribution in [2.45, 2.75) is 47.0 Å². The van der Waals surface area contributed by atoms with Gasteiger partial charge in [0.15, 0.2) is 0 Å². The Balaban J connectivity index is 3.68. The van der Waals surface area contributed by atoms with E-state index in [2.05, 4.69) is 13.8 Å². The monoisotopic (exact) mass is 186 g/mol. The van der Waals surface area contributed by atoms with Gasteiger partial charge in [-0.25, -0.2) is 0 Å². The van der Waals surface area contributed by atoms with E-state index in [4.69, 9.17) is 4.74 Å². The average molecular weight is 186 g/mol. The van der Waals surface area contributed by atoms with Gasteiger partial charge in [-0.05, 0) is 12.3 Å². The summed E-state index contributed by atoms with van der Waals surface area (Å²) in [5, 5.41) is 0. The predicted molar refractivity (Wildman–Crippen MR) is 54.5 cm³/mol. The third kappa shape index (κ3) is 4.91. The van der Waals surface area contributed by atoms with Gasteiger partial charge in [0.1, 0.15) is 0 Å². The lowest BCUT2D eigenvalue weighted by Crippen LogP contribution is -2.18. The van der Waals surface area contributed by atoms with Crippen molar-refractivity contribution in [3.63, 3.8) is 0 Å². The molecule has 1 atom stereocenters. The molecule has 0 amide bonds. The lowest BCUT2D eigenvalue weighted by molar-refractivity contribution is -0.149. The fraction of sp³-hybridized carbons (Fsp3) is 0.909. The van der Waals surface area contributed by atoms with Gasteiger partial charge in [0.2, 0.25) is 0 Å². The maximum atomic E-state index is 11.3. The lowest BCUT2D eigenvalue weighted by atomic mass is 10.1. The quantitative estimate of drug-likeness (QED) is 0.596. The second-order valence-corrected chi connectivity index (χ2v) is 3.62. The van der Waals surface area contributed by atoms with Crippen molar-refractivity contribution in [1.29, 1.82) is 0 Å². The van der Waals surface area contributed by atoms with Gasteiger partial charge in [0.05, 0.1) is 12.5 Å². The van der Waals surface area contributed by atoms with Gasteiger partial charge in [0, 0.05) is 0 Å². The molecule has 0 heterocycles. The molecule has 0 spiro atoms. The summed E-state index contributed by atoms with van der Waals surface area (Å²) in [5.74, 6) is 0.539. The van der Waals surface area contributed by atoms with Crippen LogP contribution in [0.1, 0.15) is 47.0 Å². The highest BCUT2D eigenvalue weighted by atomic mass is 16.5. The van der Waals surface area contributed by atoms with Gasteiger partial charge in [-0.15, -0.1) is 0 Å². The third-order valence-electron chi connectivity index (χ3n) is 2.63. The molecule has 0 N–H and O–H groups in total. The summed E-state index contributed by atoms with van der Waals surface area (Å²) in [6.45, 7) is 8.77. The number of rotatable bonds is 6. The van der Waals surface area contributed by atoms with Crippen molar-refractivity contribution in [3.8, 4) is 0 Å². The van der Waals surface area contributed by atoms with Crippen LogP contribution in [0.4, 0.5) is 0 Å². The number of esters is 1. The van der Waals surface area contributed by atoms with Crippen LogP contribution in [0.3, 0.4) is 0 Å². The van der Waals surface area contributed by atoms with Gasteiger partial charge in [-0.1, -0.05) is 40.5 Å². The smallest absolute Gasteiger partial charge is 0.308 e. The Hall–Kier alpha value is -0.530. The van der Waals surface area contributed by atoms with E-state index in [-0.39, 0.29) is 11.9 Å². The summed E-state index contributed by atoms with van der Waals surface area (Å²) in [7, 11) is 0. The number of carbonyl (C=O) groups excluding carboxylic acids is 1. The van der Waals surface area contributed by atoms with E-state index in [0.717, 1.165) is 19.3 Å². The Labute approximate surface area is 81.7 Å².